The number of fused-ring (bicyclic) bond motifs is 1. The Hall–Kier alpha value is -4.30. The molecule has 0 radical (unpaired) electrons. The predicted octanol–water partition coefficient (Wildman–Crippen LogP) is 4.24. The molecule has 0 aromatic heterocycles. The second-order valence-electron chi connectivity index (χ2n) is 9.43. The molecule has 3 aromatic carbocycles. The number of carbonyl (C=O) groups is 3. The molecule has 1 aliphatic heterocycles. The number of hydrogen-bond acceptors (Lipinski definition) is 6. The zero-order valence-electron chi connectivity index (χ0n) is 22.1. The van der Waals surface area contributed by atoms with Crippen molar-refractivity contribution in [3.05, 3.63) is 95.1 Å². The van der Waals surface area contributed by atoms with Crippen molar-refractivity contribution < 1.29 is 19.1 Å². The second kappa shape index (κ2) is 11.8. The van der Waals surface area contributed by atoms with Gasteiger partial charge in [0.25, 0.3) is 0 Å². The Kier molecular flexibility index (Phi) is 8.33. The van der Waals surface area contributed by atoms with E-state index in [4.69, 9.17) is 9.73 Å². The Bertz CT molecular complexity index is 1350. The lowest BCUT2D eigenvalue weighted by Crippen LogP contribution is -2.34. The first kappa shape index (κ1) is 26.8. The first-order valence-electron chi connectivity index (χ1n) is 12.5. The molecule has 0 fully saturated rings. The monoisotopic (exact) mass is 512 g/mol. The predicted molar refractivity (Wildman–Crippen MR) is 148 cm³/mol. The van der Waals surface area contributed by atoms with Gasteiger partial charge in [-0.15, -0.1) is 0 Å². The minimum atomic E-state index is -0.633. The maximum atomic E-state index is 13.2. The van der Waals surface area contributed by atoms with E-state index in [-0.39, 0.29) is 18.4 Å². The van der Waals surface area contributed by atoms with Crippen LogP contribution in [0.2, 0.25) is 0 Å². The highest BCUT2D eigenvalue weighted by Gasteiger charge is 2.36. The summed E-state index contributed by atoms with van der Waals surface area (Å²) >= 11 is 0. The lowest BCUT2D eigenvalue weighted by molar-refractivity contribution is -0.129. The summed E-state index contributed by atoms with van der Waals surface area (Å²) in [6, 6.07) is 22.5. The number of nitrogens with one attached hydrogen (secondary N) is 1. The van der Waals surface area contributed by atoms with E-state index in [2.05, 4.69) is 5.32 Å². The summed E-state index contributed by atoms with van der Waals surface area (Å²) in [7, 11) is 5.40. The van der Waals surface area contributed by atoms with Crippen LogP contribution < -0.4 is 5.32 Å². The van der Waals surface area contributed by atoms with Crippen molar-refractivity contribution in [3.8, 4) is 0 Å². The molecule has 1 aliphatic rings. The van der Waals surface area contributed by atoms with E-state index in [1.165, 1.54) is 0 Å². The summed E-state index contributed by atoms with van der Waals surface area (Å²) in [4.78, 5) is 45.9. The van der Waals surface area contributed by atoms with Crippen LogP contribution in [-0.2, 0) is 20.9 Å². The van der Waals surface area contributed by atoms with Gasteiger partial charge in [-0.3, -0.25) is 19.5 Å². The number of benzene rings is 3. The zero-order chi connectivity index (χ0) is 27.2. The molecule has 0 aliphatic carbocycles. The lowest BCUT2D eigenvalue weighted by atomic mass is 9.90. The van der Waals surface area contributed by atoms with Crippen molar-refractivity contribution in [1.29, 1.82) is 0 Å². The molecule has 1 heterocycles. The molecular weight excluding hydrogens is 480 g/mol. The van der Waals surface area contributed by atoms with Crippen molar-refractivity contribution in [1.82, 2.24) is 9.80 Å². The largest absolute Gasteiger partial charge is 0.462 e. The summed E-state index contributed by atoms with van der Waals surface area (Å²) in [6.07, 6.45) is 0. The average Bonchev–Trinajstić information content (AvgIpc) is 3.23. The van der Waals surface area contributed by atoms with Gasteiger partial charge in [0.1, 0.15) is 5.92 Å². The Balaban J connectivity index is 1.63. The standard InChI is InChI=1S/C30H32N4O4/c1-5-38-30(37)22-13-16-24-25(17-22)32-29(36)27(24)28(21-9-7-6-8-10-21)31-23-14-11-20(12-15-23)18-34(4)19-26(35)33(2)3/h6-17,27H,5,18-19H2,1-4H3,(H,32,36). The quantitative estimate of drug-likeness (QED) is 0.342. The first-order valence-corrected chi connectivity index (χ1v) is 12.5. The number of nitrogens with zero attached hydrogens (tertiary/aromatic N) is 3. The normalized spacial score (nSPS) is 14.7. The highest BCUT2D eigenvalue weighted by molar-refractivity contribution is 6.24. The molecule has 8 nitrogen and oxygen atoms in total. The number of anilines is 1. The van der Waals surface area contributed by atoms with Crippen LogP contribution in [-0.4, -0.2) is 67.6 Å². The zero-order valence-corrected chi connectivity index (χ0v) is 22.1. The van der Waals surface area contributed by atoms with E-state index in [1.807, 2.05) is 66.5 Å². The van der Waals surface area contributed by atoms with Gasteiger partial charge in [-0.05, 0) is 54.9 Å². The molecular formula is C30H32N4O4. The van der Waals surface area contributed by atoms with Gasteiger partial charge in [0, 0.05) is 26.3 Å². The van der Waals surface area contributed by atoms with E-state index >= 15 is 0 Å². The minimum Gasteiger partial charge on any atom is -0.462 e. The molecule has 2 amide bonds. The fraction of sp³-hybridized carbons (Fsp3) is 0.267. The number of likely N-dealkylation sites (N-methyl/N-ethyl adjacent to an activating group) is 2. The Morgan fingerprint density at radius 2 is 1.66 bits per heavy atom. The summed E-state index contributed by atoms with van der Waals surface area (Å²) < 4.78 is 5.10. The summed E-state index contributed by atoms with van der Waals surface area (Å²) in [5.41, 5.74) is 4.94. The van der Waals surface area contributed by atoms with Gasteiger partial charge in [0.15, 0.2) is 0 Å². The van der Waals surface area contributed by atoms with Crippen molar-refractivity contribution in [2.45, 2.75) is 19.4 Å². The van der Waals surface area contributed by atoms with Crippen LogP contribution in [0.25, 0.3) is 0 Å². The van der Waals surface area contributed by atoms with E-state index in [1.54, 1.807) is 44.1 Å². The summed E-state index contributed by atoms with van der Waals surface area (Å²) in [5.74, 6) is -1.22. The van der Waals surface area contributed by atoms with Gasteiger partial charge in [-0.25, -0.2) is 4.79 Å². The van der Waals surface area contributed by atoms with Crippen LogP contribution in [0, 0.1) is 0 Å². The van der Waals surface area contributed by atoms with Gasteiger partial charge in [0.2, 0.25) is 11.8 Å². The van der Waals surface area contributed by atoms with E-state index in [0.29, 0.717) is 35.7 Å². The van der Waals surface area contributed by atoms with Crippen molar-refractivity contribution >= 4 is 34.9 Å². The molecule has 196 valence electrons. The van der Waals surface area contributed by atoms with Crippen LogP contribution in [0.4, 0.5) is 11.4 Å². The number of rotatable bonds is 9. The number of ether oxygens (including phenoxy) is 1. The van der Waals surface area contributed by atoms with Crippen molar-refractivity contribution in [2.24, 2.45) is 4.99 Å². The third-order valence-electron chi connectivity index (χ3n) is 6.28. The topological polar surface area (TPSA) is 91.3 Å². The van der Waals surface area contributed by atoms with E-state index in [9.17, 15) is 14.4 Å². The highest BCUT2D eigenvalue weighted by atomic mass is 16.5. The van der Waals surface area contributed by atoms with Gasteiger partial charge in [-0.1, -0.05) is 48.5 Å². The molecule has 1 atom stereocenters. The second-order valence-corrected chi connectivity index (χ2v) is 9.43. The molecule has 1 N–H and O–H groups in total. The molecule has 0 bridgehead atoms. The van der Waals surface area contributed by atoms with Crippen LogP contribution in [0.5, 0.6) is 0 Å². The number of amides is 2. The molecule has 3 aromatic rings. The van der Waals surface area contributed by atoms with Crippen molar-refractivity contribution in [3.63, 3.8) is 0 Å². The number of esters is 1. The van der Waals surface area contributed by atoms with Gasteiger partial charge in [-0.2, -0.15) is 0 Å². The van der Waals surface area contributed by atoms with E-state index < -0.39 is 11.9 Å². The molecule has 0 saturated heterocycles. The number of aliphatic imine (C=N–C) groups is 1. The number of carbonyl (C=O) groups excluding carboxylic acids is 3. The minimum absolute atomic E-state index is 0.0470. The van der Waals surface area contributed by atoms with Crippen molar-refractivity contribution in [2.75, 3.05) is 39.6 Å². The average molecular weight is 513 g/mol. The van der Waals surface area contributed by atoms with Gasteiger partial charge in [0.05, 0.1) is 30.1 Å². The third-order valence-corrected chi connectivity index (χ3v) is 6.28. The molecule has 8 heteroatoms. The summed E-state index contributed by atoms with van der Waals surface area (Å²) in [6.45, 7) is 2.98. The highest BCUT2D eigenvalue weighted by Crippen LogP contribution is 2.37. The Labute approximate surface area is 222 Å². The first-order chi connectivity index (χ1) is 18.3. The fourth-order valence-electron chi connectivity index (χ4n) is 4.33. The van der Waals surface area contributed by atoms with Crippen LogP contribution in [0.3, 0.4) is 0 Å². The Morgan fingerprint density at radius 3 is 2.32 bits per heavy atom. The Morgan fingerprint density at radius 1 is 0.947 bits per heavy atom. The molecule has 0 spiro atoms. The maximum absolute atomic E-state index is 13.2. The van der Waals surface area contributed by atoms with Crippen LogP contribution >= 0.6 is 0 Å². The number of hydrogen-bond donors (Lipinski definition) is 1. The van der Waals surface area contributed by atoms with Gasteiger partial charge >= 0.3 is 5.97 Å². The molecule has 1 unspecified atom stereocenters. The maximum Gasteiger partial charge on any atom is 0.338 e. The summed E-state index contributed by atoms with van der Waals surface area (Å²) in [5, 5.41) is 2.91. The smallest absolute Gasteiger partial charge is 0.338 e. The fourth-order valence-corrected chi connectivity index (χ4v) is 4.33. The molecule has 0 saturated carbocycles. The SMILES string of the molecule is CCOC(=O)c1ccc2c(c1)NC(=O)C2C(=Nc1ccc(CN(C)CC(=O)N(C)C)cc1)c1ccccc1. The van der Waals surface area contributed by atoms with Gasteiger partial charge < -0.3 is 15.0 Å². The molecule has 4 rings (SSSR count). The third kappa shape index (κ3) is 6.15. The van der Waals surface area contributed by atoms with Crippen LogP contribution in [0.15, 0.2) is 77.8 Å². The van der Waals surface area contributed by atoms with Crippen LogP contribution in [0.1, 0.15) is 39.9 Å². The molecule has 38 heavy (non-hydrogen) atoms. The van der Waals surface area contributed by atoms with E-state index in [0.717, 1.165) is 16.7 Å². The lowest BCUT2D eigenvalue weighted by Gasteiger charge is -2.19.